The lowest BCUT2D eigenvalue weighted by Crippen LogP contribution is -2.47. The van der Waals surface area contributed by atoms with Gasteiger partial charge in [-0.1, -0.05) is 6.07 Å². The zero-order valence-corrected chi connectivity index (χ0v) is 17.6. The number of nitrogens with zero attached hydrogens (tertiary/aromatic N) is 1. The number of amides is 3. The van der Waals surface area contributed by atoms with E-state index in [9.17, 15) is 18.8 Å². The number of hydrogen-bond acceptors (Lipinski definition) is 6. The SMILES string of the molecule is COC(=O)C[C@H](NC(=O)Nc1cccc(-c2ccc(Oc3ccc(F)cc3)cc2)n1)C(N)=O. The van der Waals surface area contributed by atoms with Crippen molar-refractivity contribution >= 4 is 23.7 Å². The van der Waals surface area contributed by atoms with Crippen LogP contribution in [0.15, 0.2) is 66.7 Å². The Morgan fingerprint density at radius 3 is 2.24 bits per heavy atom. The van der Waals surface area contributed by atoms with Gasteiger partial charge >= 0.3 is 12.0 Å². The Balaban J connectivity index is 1.65. The van der Waals surface area contributed by atoms with Crippen LogP contribution >= 0.6 is 0 Å². The zero-order valence-electron chi connectivity index (χ0n) is 17.6. The van der Waals surface area contributed by atoms with Crippen LogP contribution in [0.2, 0.25) is 0 Å². The van der Waals surface area contributed by atoms with Gasteiger partial charge in [0, 0.05) is 5.56 Å². The van der Waals surface area contributed by atoms with E-state index in [0.29, 0.717) is 17.2 Å². The number of rotatable bonds is 8. The van der Waals surface area contributed by atoms with Crippen LogP contribution in [0.3, 0.4) is 0 Å². The molecule has 0 bridgehead atoms. The number of aromatic nitrogens is 1. The highest BCUT2D eigenvalue weighted by Crippen LogP contribution is 2.25. The first kappa shape index (κ1) is 23.2. The van der Waals surface area contributed by atoms with Crippen molar-refractivity contribution in [1.82, 2.24) is 10.3 Å². The third-order valence-corrected chi connectivity index (χ3v) is 4.44. The number of ether oxygens (including phenoxy) is 2. The number of halogens is 1. The maximum absolute atomic E-state index is 13.0. The number of nitrogens with two attached hydrogens (primary N) is 1. The smallest absolute Gasteiger partial charge is 0.321 e. The Morgan fingerprint density at radius 1 is 1.00 bits per heavy atom. The van der Waals surface area contributed by atoms with Crippen LogP contribution in [0.4, 0.5) is 15.0 Å². The number of hydrogen-bond donors (Lipinski definition) is 3. The number of esters is 1. The van der Waals surface area contributed by atoms with Crippen LogP contribution in [0.5, 0.6) is 11.5 Å². The van der Waals surface area contributed by atoms with Crippen LogP contribution in [0, 0.1) is 5.82 Å². The highest BCUT2D eigenvalue weighted by atomic mass is 19.1. The second kappa shape index (κ2) is 10.7. The van der Waals surface area contributed by atoms with E-state index >= 15 is 0 Å². The third kappa shape index (κ3) is 6.76. The normalized spacial score (nSPS) is 11.2. The van der Waals surface area contributed by atoms with Crippen LogP contribution in [0.1, 0.15) is 6.42 Å². The number of primary amides is 1. The fourth-order valence-electron chi connectivity index (χ4n) is 2.78. The molecule has 0 aliphatic carbocycles. The molecule has 4 N–H and O–H groups in total. The minimum atomic E-state index is -1.23. The molecule has 0 unspecified atom stereocenters. The Hall–Kier alpha value is -4.47. The van der Waals surface area contributed by atoms with E-state index in [1.807, 2.05) is 0 Å². The molecule has 3 rings (SSSR count). The summed E-state index contributed by atoms with van der Waals surface area (Å²) in [7, 11) is 1.16. The molecule has 0 saturated heterocycles. The summed E-state index contributed by atoms with van der Waals surface area (Å²) in [6.45, 7) is 0. The maximum Gasteiger partial charge on any atom is 0.321 e. The molecule has 1 aromatic heterocycles. The summed E-state index contributed by atoms with van der Waals surface area (Å²) in [4.78, 5) is 39.4. The van der Waals surface area contributed by atoms with Gasteiger partial charge in [-0.15, -0.1) is 0 Å². The van der Waals surface area contributed by atoms with Gasteiger partial charge in [-0.2, -0.15) is 0 Å². The van der Waals surface area contributed by atoms with E-state index in [1.165, 1.54) is 24.3 Å². The van der Waals surface area contributed by atoms with Crippen molar-refractivity contribution < 1.29 is 28.2 Å². The van der Waals surface area contributed by atoms with Gasteiger partial charge < -0.3 is 20.5 Å². The monoisotopic (exact) mass is 452 g/mol. The largest absolute Gasteiger partial charge is 0.469 e. The highest BCUT2D eigenvalue weighted by molar-refractivity contribution is 5.94. The predicted molar refractivity (Wildman–Crippen MR) is 118 cm³/mol. The molecule has 1 atom stereocenters. The average Bonchev–Trinajstić information content (AvgIpc) is 2.80. The minimum absolute atomic E-state index is 0.220. The molecule has 1 heterocycles. The van der Waals surface area contributed by atoms with Gasteiger partial charge in [-0.3, -0.25) is 14.9 Å². The van der Waals surface area contributed by atoms with Crippen LogP contribution in [-0.4, -0.2) is 36.0 Å². The lowest BCUT2D eigenvalue weighted by atomic mass is 10.1. The van der Waals surface area contributed by atoms with Crippen molar-refractivity contribution in [3.05, 3.63) is 72.5 Å². The molecule has 0 spiro atoms. The number of carbonyl (C=O) groups is 3. The molecule has 33 heavy (non-hydrogen) atoms. The zero-order chi connectivity index (χ0) is 23.8. The third-order valence-electron chi connectivity index (χ3n) is 4.44. The van der Waals surface area contributed by atoms with Gasteiger partial charge in [0.25, 0.3) is 0 Å². The standard InChI is InChI=1S/C23H21FN4O5/c1-32-21(29)13-19(22(25)30)27-23(31)28-20-4-2-3-18(26-20)14-5-9-16(10-6-14)33-17-11-7-15(24)8-12-17/h2-12,19H,13H2,1H3,(H2,25,30)(H2,26,27,28,31)/t19-/m0/s1. The van der Waals surface area contributed by atoms with Crippen LogP contribution < -0.4 is 21.1 Å². The number of carbonyl (C=O) groups excluding carboxylic acids is 3. The number of pyridine rings is 1. The van der Waals surface area contributed by atoms with Crippen molar-refractivity contribution in [1.29, 1.82) is 0 Å². The maximum atomic E-state index is 13.0. The first-order valence-corrected chi connectivity index (χ1v) is 9.78. The fraction of sp³-hybridized carbons (Fsp3) is 0.130. The molecule has 10 heteroatoms. The Labute approximate surface area is 188 Å². The summed E-state index contributed by atoms with van der Waals surface area (Å²) in [5, 5.41) is 4.82. The number of benzene rings is 2. The molecule has 2 aromatic carbocycles. The predicted octanol–water partition coefficient (Wildman–Crippen LogP) is 3.22. The molecular weight excluding hydrogens is 431 g/mol. The fourth-order valence-corrected chi connectivity index (χ4v) is 2.78. The summed E-state index contributed by atoms with van der Waals surface area (Å²) in [5.41, 5.74) is 6.54. The molecule has 0 saturated carbocycles. The molecule has 0 aliphatic heterocycles. The second-order valence-corrected chi connectivity index (χ2v) is 6.82. The first-order valence-electron chi connectivity index (χ1n) is 9.78. The van der Waals surface area contributed by atoms with E-state index in [4.69, 9.17) is 10.5 Å². The minimum Gasteiger partial charge on any atom is -0.469 e. The highest BCUT2D eigenvalue weighted by Gasteiger charge is 2.22. The van der Waals surface area contributed by atoms with Crippen LogP contribution in [-0.2, 0) is 14.3 Å². The summed E-state index contributed by atoms with van der Waals surface area (Å²) >= 11 is 0. The number of nitrogens with one attached hydrogen (secondary N) is 2. The van der Waals surface area contributed by atoms with Crippen molar-refractivity contribution in [3.8, 4) is 22.8 Å². The van der Waals surface area contributed by atoms with E-state index in [2.05, 4.69) is 20.4 Å². The molecule has 0 aliphatic rings. The van der Waals surface area contributed by atoms with Crippen molar-refractivity contribution in [2.75, 3.05) is 12.4 Å². The Morgan fingerprint density at radius 2 is 1.64 bits per heavy atom. The average molecular weight is 452 g/mol. The first-order chi connectivity index (χ1) is 15.8. The van der Waals surface area contributed by atoms with E-state index in [1.54, 1.807) is 42.5 Å². The summed E-state index contributed by atoms with van der Waals surface area (Å²) in [6.07, 6.45) is -0.390. The lowest BCUT2D eigenvalue weighted by Gasteiger charge is -2.15. The Bertz CT molecular complexity index is 1140. The molecule has 0 radical (unpaired) electrons. The van der Waals surface area contributed by atoms with E-state index in [0.717, 1.165) is 12.7 Å². The molecule has 3 amide bonds. The van der Waals surface area contributed by atoms with Gasteiger partial charge in [-0.25, -0.2) is 14.2 Å². The second-order valence-electron chi connectivity index (χ2n) is 6.82. The van der Waals surface area contributed by atoms with Gasteiger partial charge in [0.15, 0.2) is 0 Å². The Kier molecular flexibility index (Phi) is 7.53. The summed E-state index contributed by atoms with van der Waals surface area (Å²) in [6, 6.07) is 15.7. The van der Waals surface area contributed by atoms with Crippen molar-refractivity contribution in [3.63, 3.8) is 0 Å². The van der Waals surface area contributed by atoms with Gasteiger partial charge in [-0.05, 0) is 60.7 Å². The van der Waals surface area contributed by atoms with Crippen molar-refractivity contribution in [2.45, 2.75) is 12.5 Å². The molecule has 3 aromatic rings. The van der Waals surface area contributed by atoms with Gasteiger partial charge in [0.1, 0.15) is 29.2 Å². The molecule has 9 nitrogen and oxygen atoms in total. The summed E-state index contributed by atoms with van der Waals surface area (Å²) < 4.78 is 23.2. The van der Waals surface area contributed by atoms with Crippen LogP contribution in [0.25, 0.3) is 11.3 Å². The van der Waals surface area contributed by atoms with Crippen molar-refractivity contribution in [2.24, 2.45) is 5.73 Å². The quantitative estimate of drug-likeness (QED) is 0.450. The number of methoxy groups -OCH3 is 1. The number of anilines is 1. The lowest BCUT2D eigenvalue weighted by molar-refractivity contribution is -0.142. The molecule has 0 fully saturated rings. The number of urea groups is 1. The van der Waals surface area contributed by atoms with Gasteiger partial charge in [0.2, 0.25) is 5.91 Å². The molecular formula is C23H21FN4O5. The van der Waals surface area contributed by atoms with E-state index < -0.39 is 23.9 Å². The molecule has 170 valence electrons. The van der Waals surface area contributed by atoms with Gasteiger partial charge in [0.05, 0.1) is 19.2 Å². The summed E-state index contributed by atoms with van der Waals surface area (Å²) in [5.74, 6) is -0.633. The topological polar surface area (TPSA) is 133 Å². The van der Waals surface area contributed by atoms with E-state index in [-0.39, 0.29) is 18.1 Å².